The van der Waals surface area contributed by atoms with E-state index in [0.717, 1.165) is 22.0 Å². The molecule has 3 aromatic rings. The van der Waals surface area contributed by atoms with E-state index in [2.05, 4.69) is 15.3 Å². The molecule has 1 aromatic carbocycles. The van der Waals surface area contributed by atoms with Gasteiger partial charge in [-0.2, -0.15) is 0 Å². The van der Waals surface area contributed by atoms with Gasteiger partial charge in [-0.3, -0.25) is 14.8 Å². The average molecular weight is 382 g/mol. The highest BCUT2D eigenvalue weighted by molar-refractivity contribution is 5.99. The lowest BCUT2D eigenvalue weighted by molar-refractivity contribution is -0.108. The molecule has 1 amide bonds. The van der Waals surface area contributed by atoms with Crippen molar-refractivity contribution in [1.82, 2.24) is 9.97 Å². The molecular formula is C19H19FN6O2. The number of hydrazine groups is 1. The third-order valence-electron chi connectivity index (χ3n) is 4.25. The molecule has 3 rings (SSSR count). The van der Waals surface area contributed by atoms with Crippen molar-refractivity contribution in [3.8, 4) is 0 Å². The summed E-state index contributed by atoms with van der Waals surface area (Å²) in [5, 5.41) is 4.95. The van der Waals surface area contributed by atoms with E-state index < -0.39 is 17.8 Å². The third kappa shape index (κ3) is 3.89. The van der Waals surface area contributed by atoms with Crippen molar-refractivity contribution >= 4 is 40.4 Å². The number of hydrogen-bond donors (Lipinski definition) is 3. The second kappa shape index (κ2) is 7.97. The fraction of sp³-hybridized carbons (Fsp3) is 0.158. The average Bonchev–Trinajstić information content (AvgIpc) is 2.68. The number of rotatable bonds is 7. The fourth-order valence-electron chi connectivity index (χ4n) is 2.69. The van der Waals surface area contributed by atoms with Gasteiger partial charge in [-0.1, -0.05) is 12.1 Å². The first kappa shape index (κ1) is 19.2. The second-order valence-electron chi connectivity index (χ2n) is 6.25. The highest BCUT2D eigenvalue weighted by Gasteiger charge is 2.21. The lowest BCUT2D eigenvalue weighted by atomic mass is 10.2. The van der Waals surface area contributed by atoms with Gasteiger partial charge >= 0.3 is 0 Å². The van der Waals surface area contributed by atoms with E-state index in [1.54, 1.807) is 25.3 Å². The molecule has 0 bridgehead atoms. The van der Waals surface area contributed by atoms with E-state index in [4.69, 9.17) is 11.6 Å². The molecule has 0 aliphatic heterocycles. The summed E-state index contributed by atoms with van der Waals surface area (Å²) < 4.78 is 14.5. The van der Waals surface area contributed by atoms with Gasteiger partial charge in [0, 0.05) is 23.7 Å². The number of anilines is 3. The first-order valence-corrected chi connectivity index (χ1v) is 8.50. The summed E-state index contributed by atoms with van der Waals surface area (Å²) in [7, 11) is 0. The molecule has 1 unspecified atom stereocenters. The minimum absolute atomic E-state index is 0.0490. The maximum Gasteiger partial charge on any atom is 0.252 e. The quantitative estimate of drug-likeness (QED) is 0.325. The second-order valence-corrected chi connectivity index (χ2v) is 6.25. The Labute approximate surface area is 160 Å². The van der Waals surface area contributed by atoms with Crippen LogP contribution < -0.4 is 21.9 Å². The highest BCUT2D eigenvalue weighted by atomic mass is 19.1. The Morgan fingerprint density at radius 2 is 2.14 bits per heavy atom. The van der Waals surface area contributed by atoms with E-state index in [1.165, 1.54) is 0 Å². The van der Waals surface area contributed by atoms with Crippen molar-refractivity contribution in [2.75, 3.05) is 10.3 Å². The fourth-order valence-corrected chi connectivity index (χ4v) is 2.69. The van der Waals surface area contributed by atoms with Crippen LogP contribution >= 0.6 is 0 Å². The molecular weight excluding hydrogens is 363 g/mol. The van der Waals surface area contributed by atoms with Crippen LogP contribution in [0.1, 0.15) is 23.7 Å². The molecule has 144 valence electrons. The molecule has 2 aromatic heterocycles. The van der Waals surface area contributed by atoms with Gasteiger partial charge in [0.25, 0.3) is 5.91 Å². The maximum atomic E-state index is 14.5. The molecule has 2 heterocycles. The number of pyridine rings is 2. The molecule has 1 atom stereocenters. The smallest absolute Gasteiger partial charge is 0.252 e. The number of benzene rings is 1. The Bertz CT molecular complexity index is 1040. The Balaban J connectivity index is 2.02. The van der Waals surface area contributed by atoms with Crippen LogP contribution in [0, 0.1) is 5.82 Å². The topological polar surface area (TPSA) is 127 Å². The van der Waals surface area contributed by atoms with E-state index in [-0.39, 0.29) is 23.6 Å². The summed E-state index contributed by atoms with van der Waals surface area (Å²) in [5.74, 6) is 4.08. The number of carbonyl (C=O) groups excluding carboxylic acids is 2. The summed E-state index contributed by atoms with van der Waals surface area (Å²) in [4.78, 5) is 30.9. The van der Waals surface area contributed by atoms with Gasteiger partial charge in [0.05, 0.1) is 17.1 Å². The summed E-state index contributed by atoms with van der Waals surface area (Å²) in [6.07, 6.45) is 2.44. The van der Waals surface area contributed by atoms with Crippen LogP contribution in [0.4, 0.5) is 21.7 Å². The van der Waals surface area contributed by atoms with Gasteiger partial charge in [-0.05, 0) is 31.2 Å². The largest absolute Gasteiger partial charge is 0.365 e. The molecule has 5 N–H and O–H groups in total. The Morgan fingerprint density at radius 3 is 2.86 bits per heavy atom. The number of nitrogens with two attached hydrogens (primary N) is 2. The standard InChI is InChI=1S/C19H19FN6O2/c1-11(6-8-27)26(22)19-15(20)10-14(17(21)28)18(25-19)24-13-5-4-12-3-2-7-23-16(12)9-13/h2-5,7-11H,6,22H2,1H3,(H2,21,28)(H,24,25). The van der Waals surface area contributed by atoms with Crippen molar-refractivity contribution in [3.05, 3.63) is 54.0 Å². The lowest BCUT2D eigenvalue weighted by Gasteiger charge is -2.25. The zero-order valence-corrected chi connectivity index (χ0v) is 15.1. The van der Waals surface area contributed by atoms with E-state index in [0.29, 0.717) is 12.0 Å². The normalized spacial score (nSPS) is 11.8. The van der Waals surface area contributed by atoms with Gasteiger partial charge in [0.15, 0.2) is 11.6 Å². The molecule has 0 saturated heterocycles. The van der Waals surface area contributed by atoms with Crippen LogP contribution in [0.5, 0.6) is 0 Å². The zero-order chi connectivity index (χ0) is 20.3. The molecule has 0 fully saturated rings. The van der Waals surface area contributed by atoms with Crippen LogP contribution in [-0.2, 0) is 4.79 Å². The number of hydrogen-bond acceptors (Lipinski definition) is 7. The van der Waals surface area contributed by atoms with Crippen molar-refractivity contribution in [3.63, 3.8) is 0 Å². The van der Waals surface area contributed by atoms with Crippen molar-refractivity contribution < 1.29 is 14.0 Å². The molecule has 0 aliphatic rings. The first-order chi connectivity index (χ1) is 13.4. The van der Waals surface area contributed by atoms with Crippen molar-refractivity contribution in [1.29, 1.82) is 0 Å². The van der Waals surface area contributed by atoms with E-state index in [1.807, 2.05) is 18.2 Å². The summed E-state index contributed by atoms with van der Waals surface area (Å²) >= 11 is 0. The molecule has 0 saturated carbocycles. The van der Waals surface area contributed by atoms with Gasteiger partial charge in [-0.25, -0.2) is 15.2 Å². The number of nitrogens with one attached hydrogen (secondary N) is 1. The lowest BCUT2D eigenvalue weighted by Crippen LogP contribution is -2.41. The zero-order valence-electron chi connectivity index (χ0n) is 15.1. The summed E-state index contributed by atoms with van der Waals surface area (Å²) in [5.41, 5.74) is 6.56. The van der Waals surface area contributed by atoms with Gasteiger partial charge < -0.3 is 15.8 Å². The van der Waals surface area contributed by atoms with Crippen molar-refractivity contribution in [2.45, 2.75) is 19.4 Å². The molecule has 0 spiro atoms. The number of carbonyl (C=O) groups is 2. The molecule has 0 radical (unpaired) electrons. The molecule has 0 aliphatic carbocycles. The van der Waals surface area contributed by atoms with Crippen LogP contribution in [0.3, 0.4) is 0 Å². The number of fused-ring (bicyclic) bond motifs is 1. The Morgan fingerprint density at radius 1 is 1.36 bits per heavy atom. The number of nitrogens with zero attached hydrogens (tertiary/aromatic N) is 3. The number of aldehydes is 1. The Kier molecular flexibility index (Phi) is 5.46. The van der Waals surface area contributed by atoms with Gasteiger partial charge in [0.2, 0.25) is 0 Å². The van der Waals surface area contributed by atoms with Crippen LogP contribution in [-0.4, -0.2) is 28.2 Å². The third-order valence-corrected chi connectivity index (χ3v) is 4.25. The summed E-state index contributed by atoms with van der Waals surface area (Å²) in [6, 6.07) is 9.60. The molecule has 8 nitrogen and oxygen atoms in total. The SMILES string of the molecule is CC(CC=O)N(N)c1nc(Nc2ccc3cccnc3c2)c(C(N)=O)cc1F. The molecule has 9 heteroatoms. The summed E-state index contributed by atoms with van der Waals surface area (Å²) in [6.45, 7) is 1.65. The predicted molar refractivity (Wildman–Crippen MR) is 105 cm³/mol. The first-order valence-electron chi connectivity index (χ1n) is 8.50. The monoisotopic (exact) mass is 382 g/mol. The van der Waals surface area contributed by atoms with E-state index >= 15 is 0 Å². The molecule has 28 heavy (non-hydrogen) atoms. The number of halogens is 1. The number of aromatic nitrogens is 2. The highest BCUT2D eigenvalue weighted by Crippen LogP contribution is 2.27. The number of primary amides is 1. The van der Waals surface area contributed by atoms with Gasteiger partial charge in [-0.15, -0.1) is 0 Å². The maximum absolute atomic E-state index is 14.5. The van der Waals surface area contributed by atoms with Crippen LogP contribution in [0.2, 0.25) is 0 Å². The predicted octanol–water partition coefficient (Wildman–Crippen LogP) is 2.27. The Hall–Kier alpha value is -3.59. The van der Waals surface area contributed by atoms with Crippen LogP contribution in [0.25, 0.3) is 10.9 Å². The van der Waals surface area contributed by atoms with E-state index in [9.17, 15) is 14.0 Å². The van der Waals surface area contributed by atoms with Crippen molar-refractivity contribution in [2.24, 2.45) is 11.6 Å². The minimum atomic E-state index is -0.844. The minimum Gasteiger partial charge on any atom is -0.365 e. The van der Waals surface area contributed by atoms with Crippen LogP contribution in [0.15, 0.2) is 42.6 Å². The number of amides is 1. The van der Waals surface area contributed by atoms with Gasteiger partial charge in [0.1, 0.15) is 12.1 Å².